The number of nitrogen functional groups attached to an aromatic ring is 1. The second-order valence-electron chi connectivity index (χ2n) is 4.74. The highest BCUT2D eigenvalue weighted by molar-refractivity contribution is 5.65. The molecule has 21 heavy (non-hydrogen) atoms. The molecule has 0 saturated carbocycles. The molecule has 7 heteroatoms. The van der Waals surface area contributed by atoms with E-state index < -0.39 is 6.36 Å². The average Bonchev–Trinajstić information content (AvgIpc) is 2.36. The molecule has 0 aliphatic heterocycles. The van der Waals surface area contributed by atoms with E-state index in [1.165, 1.54) is 18.2 Å². The first-order chi connectivity index (χ1) is 9.76. The summed E-state index contributed by atoms with van der Waals surface area (Å²) in [6.07, 6.45) is -4.78. The maximum atomic E-state index is 12.4. The predicted octanol–water partition coefficient (Wildman–Crippen LogP) is 3.75. The molecule has 4 nitrogen and oxygen atoms in total. The molecule has 0 radical (unpaired) electrons. The van der Waals surface area contributed by atoms with Gasteiger partial charge in [0.1, 0.15) is 11.6 Å². The van der Waals surface area contributed by atoms with Crippen LogP contribution in [0, 0.1) is 0 Å². The molecule has 0 spiro atoms. The highest BCUT2D eigenvalue weighted by atomic mass is 19.4. The fraction of sp³-hybridized carbons (Fsp3) is 0.286. The van der Waals surface area contributed by atoms with Gasteiger partial charge in [-0.15, -0.1) is 13.2 Å². The first-order valence-corrected chi connectivity index (χ1v) is 6.26. The van der Waals surface area contributed by atoms with Gasteiger partial charge in [-0.3, -0.25) is 0 Å². The molecule has 1 aromatic carbocycles. The van der Waals surface area contributed by atoms with Crippen molar-refractivity contribution in [2.75, 3.05) is 5.73 Å². The van der Waals surface area contributed by atoms with E-state index in [0.29, 0.717) is 5.69 Å². The third kappa shape index (κ3) is 3.84. The minimum absolute atomic E-state index is 0.0738. The molecule has 2 rings (SSSR count). The van der Waals surface area contributed by atoms with Gasteiger partial charge in [0.15, 0.2) is 5.82 Å². The van der Waals surface area contributed by atoms with E-state index in [4.69, 9.17) is 5.73 Å². The van der Waals surface area contributed by atoms with Gasteiger partial charge < -0.3 is 10.5 Å². The quantitative estimate of drug-likeness (QED) is 0.937. The molecule has 0 atom stereocenters. The summed E-state index contributed by atoms with van der Waals surface area (Å²) < 4.78 is 41.3. The van der Waals surface area contributed by atoms with E-state index >= 15 is 0 Å². The molecule has 0 aliphatic rings. The molecule has 2 aromatic rings. The maximum absolute atomic E-state index is 12.4. The monoisotopic (exact) mass is 297 g/mol. The Morgan fingerprint density at radius 2 is 1.81 bits per heavy atom. The molecular weight excluding hydrogens is 283 g/mol. The van der Waals surface area contributed by atoms with E-state index in [2.05, 4.69) is 14.7 Å². The molecule has 0 saturated heterocycles. The summed E-state index contributed by atoms with van der Waals surface area (Å²) in [6, 6.07) is 7.30. The molecule has 112 valence electrons. The van der Waals surface area contributed by atoms with Crippen LogP contribution in [-0.2, 0) is 0 Å². The number of alkyl halides is 3. The summed E-state index contributed by atoms with van der Waals surface area (Å²) in [5.41, 5.74) is 6.49. The highest BCUT2D eigenvalue weighted by Crippen LogP contribution is 2.32. The lowest BCUT2D eigenvalue weighted by Crippen LogP contribution is -2.17. The van der Waals surface area contributed by atoms with E-state index in [1.54, 1.807) is 12.1 Å². The van der Waals surface area contributed by atoms with Crippen molar-refractivity contribution in [2.45, 2.75) is 26.1 Å². The molecule has 1 heterocycles. The SMILES string of the molecule is CC(C)c1cc(N)nc(-c2ccccc2OC(F)(F)F)n1. The van der Waals surface area contributed by atoms with Crippen LogP contribution in [0.2, 0.25) is 0 Å². The number of rotatable bonds is 3. The van der Waals surface area contributed by atoms with Gasteiger partial charge in [0.25, 0.3) is 0 Å². The highest BCUT2D eigenvalue weighted by Gasteiger charge is 2.32. The lowest BCUT2D eigenvalue weighted by Gasteiger charge is -2.13. The number of ether oxygens (including phenoxy) is 1. The van der Waals surface area contributed by atoms with Crippen molar-refractivity contribution in [2.24, 2.45) is 0 Å². The minimum atomic E-state index is -4.78. The molecule has 0 bridgehead atoms. The van der Waals surface area contributed by atoms with Crippen LogP contribution in [0.4, 0.5) is 19.0 Å². The van der Waals surface area contributed by atoms with Crippen molar-refractivity contribution in [3.63, 3.8) is 0 Å². The number of nitrogens with zero attached hydrogens (tertiary/aromatic N) is 2. The number of hydrogen-bond donors (Lipinski definition) is 1. The number of anilines is 1. The van der Waals surface area contributed by atoms with Crippen LogP contribution in [0.15, 0.2) is 30.3 Å². The predicted molar refractivity (Wildman–Crippen MR) is 72.7 cm³/mol. The van der Waals surface area contributed by atoms with Gasteiger partial charge in [0, 0.05) is 11.8 Å². The Labute approximate surface area is 119 Å². The van der Waals surface area contributed by atoms with Gasteiger partial charge in [-0.1, -0.05) is 26.0 Å². The van der Waals surface area contributed by atoms with Gasteiger partial charge >= 0.3 is 6.36 Å². The Balaban J connectivity index is 2.52. The number of nitrogens with two attached hydrogens (primary N) is 1. The largest absolute Gasteiger partial charge is 0.573 e. The lowest BCUT2D eigenvalue weighted by atomic mass is 10.1. The summed E-state index contributed by atoms with van der Waals surface area (Å²) in [6.45, 7) is 3.81. The van der Waals surface area contributed by atoms with Crippen molar-refractivity contribution in [1.82, 2.24) is 9.97 Å². The zero-order chi connectivity index (χ0) is 15.6. The van der Waals surface area contributed by atoms with Gasteiger partial charge in [-0.05, 0) is 18.1 Å². The average molecular weight is 297 g/mol. The normalized spacial score (nSPS) is 11.7. The Bertz CT molecular complexity index is 642. The number of aromatic nitrogens is 2. The molecular formula is C14H14F3N3O. The molecule has 1 aromatic heterocycles. The summed E-state index contributed by atoms with van der Waals surface area (Å²) in [5.74, 6) is 0.0270. The van der Waals surface area contributed by atoms with Crippen molar-refractivity contribution in [3.8, 4) is 17.1 Å². The molecule has 2 N–H and O–H groups in total. The van der Waals surface area contributed by atoms with E-state index in [0.717, 1.165) is 0 Å². The summed E-state index contributed by atoms with van der Waals surface area (Å²) in [5, 5.41) is 0. The second-order valence-corrected chi connectivity index (χ2v) is 4.74. The number of hydrogen-bond acceptors (Lipinski definition) is 4. The number of para-hydroxylation sites is 1. The van der Waals surface area contributed by atoms with Gasteiger partial charge in [-0.2, -0.15) is 0 Å². The summed E-state index contributed by atoms with van der Waals surface area (Å²) >= 11 is 0. The fourth-order valence-electron chi connectivity index (χ4n) is 1.77. The zero-order valence-electron chi connectivity index (χ0n) is 11.5. The van der Waals surface area contributed by atoms with Crippen LogP contribution in [-0.4, -0.2) is 16.3 Å². The third-order valence-electron chi connectivity index (χ3n) is 2.71. The van der Waals surface area contributed by atoms with E-state index in [9.17, 15) is 13.2 Å². The van der Waals surface area contributed by atoms with Crippen LogP contribution in [0.25, 0.3) is 11.4 Å². The topological polar surface area (TPSA) is 61.0 Å². The number of halogens is 3. The fourth-order valence-corrected chi connectivity index (χ4v) is 1.77. The molecule has 0 unspecified atom stereocenters. The second kappa shape index (κ2) is 5.59. The lowest BCUT2D eigenvalue weighted by molar-refractivity contribution is -0.274. The smallest absolute Gasteiger partial charge is 0.405 e. The first-order valence-electron chi connectivity index (χ1n) is 6.26. The molecule has 0 amide bonds. The summed E-state index contributed by atoms with van der Waals surface area (Å²) in [7, 11) is 0. The summed E-state index contributed by atoms with van der Waals surface area (Å²) in [4.78, 5) is 8.25. The van der Waals surface area contributed by atoms with Crippen molar-refractivity contribution in [1.29, 1.82) is 0 Å². The van der Waals surface area contributed by atoms with Crippen LogP contribution in [0.3, 0.4) is 0 Å². The van der Waals surface area contributed by atoms with Gasteiger partial charge in [0.05, 0.1) is 5.56 Å². The van der Waals surface area contributed by atoms with Crippen molar-refractivity contribution < 1.29 is 17.9 Å². The first kappa shape index (κ1) is 15.1. The minimum Gasteiger partial charge on any atom is -0.405 e. The van der Waals surface area contributed by atoms with Crippen molar-refractivity contribution in [3.05, 3.63) is 36.0 Å². The zero-order valence-corrected chi connectivity index (χ0v) is 11.5. The number of benzene rings is 1. The Kier molecular flexibility index (Phi) is 4.02. The molecule has 0 fully saturated rings. The Hall–Kier alpha value is -2.31. The maximum Gasteiger partial charge on any atom is 0.573 e. The van der Waals surface area contributed by atoms with E-state index in [1.807, 2.05) is 13.8 Å². The van der Waals surface area contributed by atoms with Crippen LogP contribution < -0.4 is 10.5 Å². The Morgan fingerprint density at radius 1 is 1.14 bits per heavy atom. The van der Waals surface area contributed by atoms with E-state index in [-0.39, 0.29) is 28.9 Å². The molecule has 0 aliphatic carbocycles. The third-order valence-corrected chi connectivity index (χ3v) is 2.71. The van der Waals surface area contributed by atoms with Crippen LogP contribution in [0.1, 0.15) is 25.5 Å². The van der Waals surface area contributed by atoms with Gasteiger partial charge in [-0.25, -0.2) is 9.97 Å². The van der Waals surface area contributed by atoms with Crippen LogP contribution in [0.5, 0.6) is 5.75 Å². The van der Waals surface area contributed by atoms with Crippen LogP contribution >= 0.6 is 0 Å². The Morgan fingerprint density at radius 3 is 2.43 bits per heavy atom. The standard InChI is InChI=1S/C14H14F3N3O/c1-8(2)10-7-12(18)20-13(19-10)9-5-3-4-6-11(9)21-14(15,16)17/h3-8H,1-2H3,(H2,18,19,20). The van der Waals surface area contributed by atoms with Gasteiger partial charge in [0.2, 0.25) is 0 Å². The van der Waals surface area contributed by atoms with Crippen molar-refractivity contribution >= 4 is 5.82 Å².